The molecule has 0 spiro atoms. The second-order valence-corrected chi connectivity index (χ2v) is 3.75. The van der Waals surface area contributed by atoms with Crippen molar-refractivity contribution in [1.82, 2.24) is 15.1 Å². The first-order valence-corrected chi connectivity index (χ1v) is 4.95. The van der Waals surface area contributed by atoms with Gasteiger partial charge >= 0.3 is 0 Å². The van der Waals surface area contributed by atoms with E-state index in [0.717, 1.165) is 11.3 Å². The highest BCUT2D eigenvalue weighted by molar-refractivity contribution is 5.94. The van der Waals surface area contributed by atoms with Gasteiger partial charge in [-0.05, 0) is 13.8 Å². The number of carbonyl (C=O) groups is 2. The Morgan fingerprint density at radius 1 is 1.44 bits per heavy atom. The Bertz CT molecular complexity index is 411. The number of nitrogens with zero attached hydrogens (tertiary/aromatic N) is 2. The largest absolute Gasteiger partial charge is 0.337 e. The number of amides is 2. The molecule has 1 aromatic rings. The van der Waals surface area contributed by atoms with Crippen LogP contribution in [0.25, 0.3) is 0 Å². The number of H-pyrrole nitrogens is 1. The molecular weight excluding hydrogens is 208 g/mol. The van der Waals surface area contributed by atoms with E-state index in [-0.39, 0.29) is 18.4 Å². The summed E-state index contributed by atoms with van der Waals surface area (Å²) in [6, 6.07) is 0. The van der Waals surface area contributed by atoms with Gasteiger partial charge in [0.25, 0.3) is 0 Å². The normalized spacial score (nSPS) is 10.0. The number of hydrogen-bond acceptors (Lipinski definition) is 3. The number of hydrogen-bond donors (Lipinski definition) is 2. The fourth-order valence-electron chi connectivity index (χ4n) is 1.11. The summed E-state index contributed by atoms with van der Waals surface area (Å²) < 4.78 is 0. The van der Waals surface area contributed by atoms with Crippen molar-refractivity contribution in [3.63, 3.8) is 0 Å². The molecule has 1 heterocycles. The Morgan fingerprint density at radius 2 is 2.06 bits per heavy atom. The average Bonchev–Trinajstić information content (AvgIpc) is 2.49. The van der Waals surface area contributed by atoms with Crippen molar-refractivity contribution >= 4 is 17.6 Å². The second kappa shape index (κ2) is 4.78. The van der Waals surface area contributed by atoms with Gasteiger partial charge in [-0.2, -0.15) is 5.10 Å². The Balaban J connectivity index is 2.59. The summed E-state index contributed by atoms with van der Waals surface area (Å²) in [5, 5.41) is 9.36. The van der Waals surface area contributed by atoms with Gasteiger partial charge in [-0.1, -0.05) is 0 Å². The maximum Gasteiger partial charge on any atom is 0.245 e. The van der Waals surface area contributed by atoms with Crippen LogP contribution in [-0.2, 0) is 9.59 Å². The fourth-order valence-corrected chi connectivity index (χ4v) is 1.11. The second-order valence-electron chi connectivity index (χ2n) is 3.75. The van der Waals surface area contributed by atoms with Gasteiger partial charge in [-0.15, -0.1) is 0 Å². The van der Waals surface area contributed by atoms with Crippen LogP contribution in [0.3, 0.4) is 0 Å². The van der Waals surface area contributed by atoms with Crippen LogP contribution in [0.4, 0.5) is 5.82 Å². The van der Waals surface area contributed by atoms with Crippen molar-refractivity contribution in [3.8, 4) is 0 Å². The zero-order valence-corrected chi connectivity index (χ0v) is 9.92. The molecule has 0 saturated carbocycles. The molecule has 0 bridgehead atoms. The van der Waals surface area contributed by atoms with Crippen LogP contribution in [0.15, 0.2) is 0 Å². The average molecular weight is 224 g/mol. The third-order valence-electron chi connectivity index (χ3n) is 2.43. The van der Waals surface area contributed by atoms with Crippen molar-refractivity contribution in [2.75, 3.05) is 18.9 Å². The third kappa shape index (κ3) is 2.82. The fraction of sp³-hybridized carbons (Fsp3) is 0.500. The lowest BCUT2D eigenvalue weighted by Crippen LogP contribution is -2.33. The van der Waals surface area contributed by atoms with Gasteiger partial charge in [0.2, 0.25) is 11.8 Å². The first-order valence-electron chi connectivity index (χ1n) is 4.95. The molecule has 0 saturated heterocycles. The molecule has 2 amide bonds. The molecule has 0 aliphatic heterocycles. The number of aromatic amines is 1. The van der Waals surface area contributed by atoms with E-state index in [2.05, 4.69) is 15.5 Å². The molecule has 0 radical (unpaired) electrons. The minimum Gasteiger partial charge on any atom is -0.337 e. The maximum atomic E-state index is 11.5. The molecule has 88 valence electrons. The van der Waals surface area contributed by atoms with Crippen LogP contribution in [0, 0.1) is 13.8 Å². The van der Waals surface area contributed by atoms with E-state index in [4.69, 9.17) is 0 Å². The summed E-state index contributed by atoms with van der Waals surface area (Å²) in [6.07, 6.45) is 0. The summed E-state index contributed by atoms with van der Waals surface area (Å²) in [5.74, 6) is 0.108. The van der Waals surface area contributed by atoms with Crippen molar-refractivity contribution in [3.05, 3.63) is 11.3 Å². The number of nitrogens with one attached hydrogen (secondary N) is 2. The Morgan fingerprint density at radius 3 is 2.50 bits per heavy atom. The van der Waals surface area contributed by atoms with Gasteiger partial charge in [0.1, 0.15) is 0 Å². The van der Waals surface area contributed by atoms with Gasteiger partial charge in [-0.3, -0.25) is 14.7 Å². The topological polar surface area (TPSA) is 78.1 Å². The van der Waals surface area contributed by atoms with Gasteiger partial charge in [-0.25, -0.2) is 0 Å². The molecule has 2 N–H and O–H groups in total. The molecule has 16 heavy (non-hydrogen) atoms. The monoisotopic (exact) mass is 224 g/mol. The molecule has 6 heteroatoms. The van der Waals surface area contributed by atoms with Gasteiger partial charge in [0.15, 0.2) is 5.82 Å². The lowest BCUT2D eigenvalue weighted by molar-refractivity contribution is -0.131. The summed E-state index contributed by atoms with van der Waals surface area (Å²) in [7, 11) is 1.57. The van der Waals surface area contributed by atoms with E-state index in [1.165, 1.54) is 11.8 Å². The Kier molecular flexibility index (Phi) is 3.65. The van der Waals surface area contributed by atoms with Crippen molar-refractivity contribution < 1.29 is 9.59 Å². The van der Waals surface area contributed by atoms with E-state index in [9.17, 15) is 9.59 Å². The summed E-state index contributed by atoms with van der Waals surface area (Å²) in [4.78, 5) is 23.8. The zero-order chi connectivity index (χ0) is 12.3. The van der Waals surface area contributed by atoms with Crippen LogP contribution >= 0.6 is 0 Å². The van der Waals surface area contributed by atoms with Crippen LogP contribution in [0.2, 0.25) is 0 Å². The Hall–Kier alpha value is -1.85. The molecule has 0 unspecified atom stereocenters. The van der Waals surface area contributed by atoms with E-state index in [0.29, 0.717) is 5.82 Å². The molecule has 0 atom stereocenters. The van der Waals surface area contributed by atoms with Crippen LogP contribution < -0.4 is 5.32 Å². The molecule has 6 nitrogen and oxygen atoms in total. The van der Waals surface area contributed by atoms with Crippen LogP contribution in [-0.4, -0.2) is 40.5 Å². The number of likely N-dealkylation sites (N-methyl/N-ethyl adjacent to an activating group) is 1. The summed E-state index contributed by atoms with van der Waals surface area (Å²) >= 11 is 0. The summed E-state index contributed by atoms with van der Waals surface area (Å²) in [6.45, 7) is 5.18. The lowest BCUT2D eigenvalue weighted by Gasteiger charge is -2.13. The standard InChI is InChI=1S/C10H16N4O2/c1-6-7(2)12-13-10(6)11-9(16)5-14(4)8(3)15/h5H2,1-4H3,(H2,11,12,13,16). The SMILES string of the molecule is CC(=O)N(C)CC(=O)Nc1n[nH]c(C)c1C. The van der Waals surface area contributed by atoms with E-state index in [1.54, 1.807) is 7.05 Å². The van der Waals surface area contributed by atoms with Crippen LogP contribution in [0.5, 0.6) is 0 Å². The maximum absolute atomic E-state index is 11.5. The van der Waals surface area contributed by atoms with Crippen LogP contribution in [0.1, 0.15) is 18.2 Å². The van der Waals surface area contributed by atoms with Gasteiger partial charge in [0.05, 0.1) is 6.54 Å². The number of rotatable bonds is 3. The zero-order valence-electron chi connectivity index (χ0n) is 9.92. The van der Waals surface area contributed by atoms with Crippen molar-refractivity contribution in [1.29, 1.82) is 0 Å². The predicted octanol–water partition coefficient (Wildman–Crippen LogP) is 0.443. The molecule has 0 aliphatic rings. The molecule has 0 fully saturated rings. The molecule has 1 rings (SSSR count). The van der Waals surface area contributed by atoms with Crippen molar-refractivity contribution in [2.24, 2.45) is 0 Å². The van der Waals surface area contributed by atoms with Gasteiger partial charge < -0.3 is 10.2 Å². The highest BCUT2D eigenvalue weighted by Crippen LogP contribution is 2.13. The van der Waals surface area contributed by atoms with E-state index < -0.39 is 0 Å². The first kappa shape index (κ1) is 12.2. The summed E-state index contributed by atoms with van der Waals surface area (Å²) in [5.41, 5.74) is 1.81. The van der Waals surface area contributed by atoms with E-state index in [1.807, 2.05) is 13.8 Å². The lowest BCUT2D eigenvalue weighted by atomic mass is 10.3. The van der Waals surface area contributed by atoms with Crippen molar-refractivity contribution in [2.45, 2.75) is 20.8 Å². The quantitative estimate of drug-likeness (QED) is 0.782. The number of aromatic nitrogens is 2. The third-order valence-corrected chi connectivity index (χ3v) is 2.43. The molecule has 0 aromatic carbocycles. The van der Waals surface area contributed by atoms with E-state index >= 15 is 0 Å². The first-order chi connectivity index (χ1) is 7.41. The molecule has 1 aromatic heterocycles. The minimum atomic E-state index is -0.257. The smallest absolute Gasteiger partial charge is 0.245 e. The number of anilines is 1. The minimum absolute atomic E-state index is 0.0285. The molecule has 0 aliphatic carbocycles. The van der Waals surface area contributed by atoms with Gasteiger partial charge in [0, 0.05) is 25.2 Å². The highest BCUT2D eigenvalue weighted by atomic mass is 16.2. The number of aryl methyl sites for hydroxylation is 1. The molecular formula is C10H16N4O2. The number of carbonyl (C=O) groups excluding carboxylic acids is 2. The predicted molar refractivity (Wildman–Crippen MR) is 60.0 cm³/mol. The highest BCUT2D eigenvalue weighted by Gasteiger charge is 2.12. The Labute approximate surface area is 94.0 Å².